The van der Waals surface area contributed by atoms with Crippen LogP contribution >= 0.6 is 28.7 Å². The number of benzene rings is 4. The van der Waals surface area contributed by atoms with E-state index in [2.05, 4.69) is 10.2 Å². The van der Waals surface area contributed by atoms with E-state index in [9.17, 15) is 4.57 Å². The van der Waals surface area contributed by atoms with Gasteiger partial charge >= 0.3 is 28.7 Å². The Kier molecular flexibility index (Phi) is 15.3. The van der Waals surface area contributed by atoms with E-state index in [4.69, 9.17) is 63.5 Å². The normalized spacial score (nSPS) is 12.7. The predicted octanol–water partition coefficient (Wildman–Crippen LogP) is 8.91. The highest BCUT2D eigenvalue weighted by Gasteiger charge is 2.22. The van der Waals surface area contributed by atoms with Crippen LogP contribution in [0.3, 0.4) is 0 Å². The van der Waals surface area contributed by atoms with Gasteiger partial charge in [0.2, 0.25) is 35.4 Å². The SMILES string of the molecule is COc1ccc(/C=C(\C)[P+](=S)Oc2ccc(/C=N/N(C)[P+](=S)Oc3ccc(/C=N/N(C)[P+](=S)Oc4ccc(CP(=O)(O)O)cc4)cc3)cc2)cc1. The molecule has 4 aromatic carbocycles. The summed E-state index contributed by atoms with van der Waals surface area (Å²) >= 11 is 16.6. The Morgan fingerprint density at radius 1 is 0.686 bits per heavy atom. The monoisotopic (exact) mass is 819 g/mol. The molecule has 0 saturated heterocycles. The van der Waals surface area contributed by atoms with E-state index < -0.39 is 28.7 Å². The fourth-order valence-electron chi connectivity index (χ4n) is 3.97. The maximum absolute atomic E-state index is 11.2. The highest BCUT2D eigenvalue weighted by Crippen LogP contribution is 2.40. The van der Waals surface area contributed by atoms with Crippen LogP contribution in [-0.2, 0) is 46.1 Å². The van der Waals surface area contributed by atoms with Crippen molar-refractivity contribution in [2.24, 2.45) is 10.2 Å². The first-order valence-electron chi connectivity index (χ1n) is 14.9. The third-order valence-electron chi connectivity index (χ3n) is 6.63. The van der Waals surface area contributed by atoms with Crippen LogP contribution in [0.2, 0.25) is 0 Å². The highest BCUT2D eigenvalue weighted by molar-refractivity contribution is 8.05. The van der Waals surface area contributed by atoms with Crippen LogP contribution in [0.25, 0.3) is 6.08 Å². The number of hydrogen-bond acceptors (Lipinski definition) is 10. The fourth-order valence-corrected chi connectivity index (χ4v) is 7.66. The number of hydrogen-bond donors (Lipinski definition) is 2. The number of rotatable bonds is 17. The summed E-state index contributed by atoms with van der Waals surface area (Å²) < 4.78 is 37.3. The minimum absolute atomic E-state index is 0.335. The molecule has 4 rings (SSSR count). The van der Waals surface area contributed by atoms with Crippen molar-refractivity contribution in [2.75, 3.05) is 21.2 Å². The van der Waals surface area contributed by atoms with Crippen LogP contribution < -0.4 is 18.3 Å². The predicted molar refractivity (Wildman–Crippen MR) is 217 cm³/mol. The average Bonchev–Trinajstić information content (AvgIpc) is 3.11. The van der Waals surface area contributed by atoms with Gasteiger partial charge in [-0.3, -0.25) is 18.1 Å². The second-order valence-electron chi connectivity index (χ2n) is 10.6. The molecule has 4 aromatic rings. The van der Waals surface area contributed by atoms with Crippen molar-refractivity contribution in [1.29, 1.82) is 0 Å². The van der Waals surface area contributed by atoms with Gasteiger partial charge in [-0.2, -0.15) is 0 Å². The van der Waals surface area contributed by atoms with E-state index >= 15 is 0 Å². The van der Waals surface area contributed by atoms with E-state index in [-0.39, 0.29) is 6.16 Å². The fraction of sp³-hybridized carbons (Fsp3) is 0.152. The molecule has 11 nitrogen and oxygen atoms in total. The van der Waals surface area contributed by atoms with Crippen LogP contribution in [0.15, 0.2) is 113 Å². The van der Waals surface area contributed by atoms with E-state index in [1.165, 1.54) is 4.78 Å². The molecule has 0 amide bonds. The van der Waals surface area contributed by atoms with Crippen molar-refractivity contribution in [3.63, 3.8) is 0 Å². The maximum atomic E-state index is 11.2. The Morgan fingerprint density at radius 2 is 1.08 bits per heavy atom. The van der Waals surface area contributed by atoms with E-state index in [1.54, 1.807) is 74.8 Å². The Labute approximate surface area is 315 Å². The molecule has 2 N–H and O–H groups in total. The van der Waals surface area contributed by atoms with Crippen molar-refractivity contribution in [2.45, 2.75) is 13.1 Å². The molecule has 3 unspecified atom stereocenters. The van der Waals surface area contributed by atoms with Crippen LogP contribution in [0.1, 0.15) is 29.2 Å². The van der Waals surface area contributed by atoms with Gasteiger partial charge in [0.25, 0.3) is 0 Å². The Hall–Kier alpha value is -3.53. The minimum Gasteiger partial charge on any atom is -0.497 e. The zero-order chi connectivity index (χ0) is 37.0. The smallest absolute Gasteiger partial charge is 0.497 e. The summed E-state index contributed by atoms with van der Waals surface area (Å²) in [4.78, 5) is 18.3. The topological polar surface area (TPSA) is 126 Å². The molecular weight excluding hydrogens is 784 g/mol. The first kappa shape index (κ1) is 40.2. The molecule has 0 heterocycles. The first-order valence-corrected chi connectivity index (χ1v) is 23.5. The van der Waals surface area contributed by atoms with Gasteiger partial charge in [-0.25, -0.2) is 0 Å². The van der Waals surface area contributed by atoms with E-state index in [0.29, 0.717) is 22.8 Å². The van der Waals surface area contributed by atoms with Crippen molar-refractivity contribution in [1.82, 2.24) is 9.56 Å². The standard InChI is InChI=1S/C33H33N4O7P4S3/c1-25(21-26-5-13-30(41-4)14-6-26)45(49)42-31-15-7-27(8-16-31)22-34-36(2)46(50)43-32-17-9-28(10-18-32)23-35-37(3)47(51)44-33-19-11-29(12-20-33)24-48(38,39)40/h5-23H,24H2,1-4H3/q+1/p+2/b25-21+,34-22+,35-23+. The molecule has 51 heavy (non-hydrogen) atoms. The molecule has 0 aromatic heterocycles. The van der Waals surface area contributed by atoms with Gasteiger partial charge in [0.15, 0.2) is 22.6 Å². The third-order valence-corrected chi connectivity index (χ3v) is 13.3. The quantitative estimate of drug-likeness (QED) is 0.0601. The Balaban J connectivity index is 1.22. The largest absolute Gasteiger partial charge is 0.540 e. The molecule has 0 bridgehead atoms. The molecule has 264 valence electrons. The summed E-state index contributed by atoms with van der Waals surface area (Å²) in [6.07, 6.45) is 5.04. The van der Waals surface area contributed by atoms with Crippen LogP contribution in [-0.4, -0.2) is 53.0 Å². The number of ether oxygens (including phenoxy) is 1. The van der Waals surface area contributed by atoms with Gasteiger partial charge in [-0.05, 0) is 101 Å². The highest BCUT2D eigenvalue weighted by atomic mass is 32.4. The van der Waals surface area contributed by atoms with Gasteiger partial charge in [0, 0.05) is 6.92 Å². The van der Waals surface area contributed by atoms with Crippen molar-refractivity contribution in [3.05, 3.63) is 125 Å². The van der Waals surface area contributed by atoms with Crippen LogP contribution in [0.5, 0.6) is 23.0 Å². The van der Waals surface area contributed by atoms with Gasteiger partial charge < -0.3 is 14.5 Å². The van der Waals surface area contributed by atoms with Gasteiger partial charge in [-0.1, -0.05) is 33.8 Å². The molecule has 0 aliphatic heterocycles. The Morgan fingerprint density at radius 3 is 1.51 bits per heavy atom. The lowest BCUT2D eigenvalue weighted by Crippen LogP contribution is -2.04. The molecule has 3 atom stereocenters. The van der Waals surface area contributed by atoms with E-state index in [0.717, 1.165) is 27.8 Å². The van der Waals surface area contributed by atoms with Gasteiger partial charge in [0.1, 0.15) is 5.75 Å². The molecule has 0 radical (unpaired) electrons. The summed E-state index contributed by atoms with van der Waals surface area (Å²) in [5.74, 6) is 2.56. The average molecular weight is 820 g/mol. The van der Waals surface area contributed by atoms with Crippen LogP contribution in [0.4, 0.5) is 0 Å². The van der Waals surface area contributed by atoms with Crippen LogP contribution in [0, 0.1) is 0 Å². The number of methoxy groups -OCH3 is 1. The second kappa shape index (κ2) is 19.3. The first-order chi connectivity index (χ1) is 24.3. The lowest BCUT2D eigenvalue weighted by Gasteiger charge is -2.05. The van der Waals surface area contributed by atoms with Gasteiger partial charge in [-0.15, -0.1) is 10.2 Å². The van der Waals surface area contributed by atoms with E-state index in [1.807, 2.05) is 73.7 Å². The summed E-state index contributed by atoms with van der Waals surface area (Å²) in [6, 6.07) is 29.0. The summed E-state index contributed by atoms with van der Waals surface area (Å²) in [7, 11) is -2.02. The lowest BCUT2D eigenvalue weighted by molar-refractivity contribution is 0.371. The summed E-state index contributed by atoms with van der Waals surface area (Å²) in [5.41, 5.74) is 3.22. The van der Waals surface area contributed by atoms with Crippen molar-refractivity contribution in [3.8, 4) is 23.0 Å². The molecule has 0 aliphatic rings. The lowest BCUT2D eigenvalue weighted by atomic mass is 10.2. The van der Waals surface area contributed by atoms with Crippen molar-refractivity contribution < 1.29 is 32.7 Å². The maximum Gasteiger partial charge on any atom is 0.540 e. The summed E-state index contributed by atoms with van der Waals surface area (Å²) in [5, 5.41) is 9.81. The molecule has 0 fully saturated rings. The molecule has 0 aliphatic carbocycles. The number of allylic oxidation sites excluding steroid dienone is 1. The second-order valence-corrected chi connectivity index (χ2v) is 19.0. The third kappa shape index (κ3) is 13.8. The summed E-state index contributed by atoms with van der Waals surface area (Å²) in [6.45, 7) is 0.743. The zero-order valence-corrected chi connectivity index (χ0v) is 33.9. The molecule has 18 heteroatoms. The van der Waals surface area contributed by atoms with Gasteiger partial charge in [0.05, 0.1) is 39.8 Å². The zero-order valence-electron chi connectivity index (χ0n) is 27.9. The Bertz CT molecular complexity index is 1980. The molecule has 0 saturated carbocycles. The number of hydrazone groups is 2. The van der Waals surface area contributed by atoms with Crippen molar-refractivity contribution >= 4 is 82.6 Å². The molecular formula is C33H35N4O7P4S3+3. The minimum atomic E-state index is -4.14. The number of nitrogens with zero attached hydrogens (tertiary/aromatic N) is 4. The molecule has 0 spiro atoms.